The average Bonchev–Trinajstić information content (AvgIpc) is 2.40. The monoisotopic (exact) mass is 273 g/mol. The summed E-state index contributed by atoms with van der Waals surface area (Å²) >= 11 is 6.00. The summed E-state index contributed by atoms with van der Waals surface area (Å²) in [6, 6.07) is 18.5. The van der Waals surface area contributed by atoms with E-state index in [9.17, 15) is 0 Å². The van der Waals surface area contributed by atoms with Crippen molar-refractivity contribution in [3.63, 3.8) is 0 Å². The molecular formula is C17H20ClN. The van der Waals surface area contributed by atoms with Gasteiger partial charge in [-0.25, -0.2) is 0 Å². The summed E-state index contributed by atoms with van der Waals surface area (Å²) < 4.78 is 0. The number of halogens is 1. The standard InChI is InChI=1S/C17H20ClN/c1-13(2)17(14-7-4-3-5-8-14)12-19-16-10-6-9-15(18)11-16/h3-11,13,17,19H,12H2,1-2H3. The summed E-state index contributed by atoms with van der Waals surface area (Å²) in [7, 11) is 0. The molecule has 0 saturated heterocycles. The zero-order valence-corrected chi connectivity index (χ0v) is 12.2. The van der Waals surface area contributed by atoms with Gasteiger partial charge < -0.3 is 5.32 Å². The van der Waals surface area contributed by atoms with Gasteiger partial charge in [0, 0.05) is 23.2 Å². The minimum absolute atomic E-state index is 0.500. The first-order valence-electron chi connectivity index (χ1n) is 6.71. The number of anilines is 1. The minimum Gasteiger partial charge on any atom is -0.384 e. The molecule has 1 nitrogen and oxygen atoms in total. The third-order valence-corrected chi connectivity index (χ3v) is 3.62. The van der Waals surface area contributed by atoms with Gasteiger partial charge in [-0.2, -0.15) is 0 Å². The predicted molar refractivity (Wildman–Crippen MR) is 84.0 cm³/mol. The van der Waals surface area contributed by atoms with Crippen LogP contribution in [0.4, 0.5) is 5.69 Å². The van der Waals surface area contributed by atoms with Crippen molar-refractivity contribution in [2.45, 2.75) is 19.8 Å². The molecule has 2 heteroatoms. The second kappa shape index (κ2) is 6.63. The van der Waals surface area contributed by atoms with E-state index in [1.165, 1.54) is 5.56 Å². The van der Waals surface area contributed by atoms with Gasteiger partial charge in [0.2, 0.25) is 0 Å². The van der Waals surface area contributed by atoms with Gasteiger partial charge in [0.15, 0.2) is 0 Å². The molecular weight excluding hydrogens is 254 g/mol. The van der Waals surface area contributed by atoms with Crippen LogP contribution < -0.4 is 5.32 Å². The number of rotatable bonds is 5. The smallest absolute Gasteiger partial charge is 0.0426 e. The molecule has 0 bridgehead atoms. The molecule has 19 heavy (non-hydrogen) atoms. The van der Waals surface area contributed by atoms with Crippen LogP contribution >= 0.6 is 11.6 Å². The Kier molecular flexibility index (Phi) is 4.86. The summed E-state index contributed by atoms with van der Waals surface area (Å²) in [6.07, 6.45) is 0. The van der Waals surface area contributed by atoms with Crippen molar-refractivity contribution in [2.75, 3.05) is 11.9 Å². The van der Waals surface area contributed by atoms with E-state index in [1.54, 1.807) is 0 Å². The second-order valence-corrected chi connectivity index (χ2v) is 5.59. The molecule has 0 aliphatic carbocycles. The van der Waals surface area contributed by atoms with Gasteiger partial charge >= 0.3 is 0 Å². The molecule has 0 fully saturated rings. The summed E-state index contributed by atoms with van der Waals surface area (Å²) in [6.45, 7) is 5.44. The molecule has 1 unspecified atom stereocenters. The lowest BCUT2D eigenvalue weighted by molar-refractivity contribution is 0.517. The fourth-order valence-electron chi connectivity index (χ4n) is 2.26. The first-order valence-corrected chi connectivity index (χ1v) is 7.09. The van der Waals surface area contributed by atoms with Crippen LogP contribution in [0.15, 0.2) is 54.6 Å². The molecule has 0 heterocycles. The number of hydrogen-bond donors (Lipinski definition) is 1. The van der Waals surface area contributed by atoms with Crippen LogP contribution in [0.25, 0.3) is 0 Å². The lowest BCUT2D eigenvalue weighted by Crippen LogP contribution is -2.17. The van der Waals surface area contributed by atoms with Crippen molar-refractivity contribution in [2.24, 2.45) is 5.92 Å². The van der Waals surface area contributed by atoms with E-state index in [4.69, 9.17) is 11.6 Å². The fourth-order valence-corrected chi connectivity index (χ4v) is 2.46. The van der Waals surface area contributed by atoms with Crippen molar-refractivity contribution >= 4 is 17.3 Å². The highest BCUT2D eigenvalue weighted by Gasteiger charge is 2.15. The Labute approximate surface area is 120 Å². The Bertz CT molecular complexity index is 508. The van der Waals surface area contributed by atoms with E-state index in [0.29, 0.717) is 11.8 Å². The van der Waals surface area contributed by atoms with Gasteiger partial charge in [-0.1, -0.05) is 61.8 Å². The molecule has 0 aliphatic heterocycles. The van der Waals surface area contributed by atoms with E-state index in [2.05, 4.69) is 49.5 Å². The van der Waals surface area contributed by atoms with Crippen molar-refractivity contribution in [3.8, 4) is 0 Å². The Balaban J connectivity index is 2.06. The summed E-state index contributed by atoms with van der Waals surface area (Å²) in [5, 5.41) is 4.25. The van der Waals surface area contributed by atoms with Gasteiger partial charge in [0.05, 0.1) is 0 Å². The maximum atomic E-state index is 6.00. The van der Waals surface area contributed by atoms with Crippen LogP contribution in [0.1, 0.15) is 25.3 Å². The highest BCUT2D eigenvalue weighted by Crippen LogP contribution is 2.25. The van der Waals surface area contributed by atoms with Crippen molar-refractivity contribution < 1.29 is 0 Å². The second-order valence-electron chi connectivity index (χ2n) is 5.15. The zero-order valence-electron chi connectivity index (χ0n) is 11.4. The van der Waals surface area contributed by atoms with Gasteiger partial charge in [0.25, 0.3) is 0 Å². The Hall–Kier alpha value is -1.47. The van der Waals surface area contributed by atoms with E-state index in [1.807, 2.05) is 24.3 Å². The topological polar surface area (TPSA) is 12.0 Å². The Morgan fingerprint density at radius 3 is 2.37 bits per heavy atom. The third-order valence-electron chi connectivity index (χ3n) is 3.38. The summed E-state index contributed by atoms with van der Waals surface area (Å²) in [4.78, 5) is 0. The van der Waals surface area contributed by atoms with Gasteiger partial charge in [-0.05, 0) is 29.7 Å². The van der Waals surface area contributed by atoms with Crippen LogP contribution in [0, 0.1) is 5.92 Å². The SMILES string of the molecule is CC(C)C(CNc1cccc(Cl)c1)c1ccccc1. The maximum absolute atomic E-state index is 6.00. The zero-order chi connectivity index (χ0) is 13.7. The van der Waals surface area contributed by atoms with Crippen LogP contribution in [-0.2, 0) is 0 Å². The molecule has 0 amide bonds. The van der Waals surface area contributed by atoms with Gasteiger partial charge in [-0.3, -0.25) is 0 Å². The molecule has 0 saturated carbocycles. The van der Waals surface area contributed by atoms with Crippen molar-refractivity contribution in [1.29, 1.82) is 0 Å². The number of benzene rings is 2. The fraction of sp³-hybridized carbons (Fsp3) is 0.294. The lowest BCUT2D eigenvalue weighted by atomic mass is 9.88. The van der Waals surface area contributed by atoms with Crippen LogP contribution in [0.3, 0.4) is 0 Å². The predicted octanol–water partition coefficient (Wildman–Crippen LogP) is 5.19. The minimum atomic E-state index is 0.500. The highest BCUT2D eigenvalue weighted by molar-refractivity contribution is 6.30. The quantitative estimate of drug-likeness (QED) is 0.790. The van der Waals surface area contributed by atoms with E-state index in [0.717, 1.165) is 17.3 Å². The molecule has 100 valence electrons. The highest BCUT2D eigenvalue weighted by atomic mass is 35.5. The van der Waals surface area contributed by atoms with E-state index >= 15 is 0 Å². The van der Waals surface area contributed by atoms with Crippen molar-refractivity contribution in [3.05, 3.63) is 65.2 Å². The normalized spacial score (nSPS) is 12.4. The summed E-state index contributed by atoms with van der Waals surface area (Å²) in [5.41, 5.74) is 2.46. The lowest BCUT2D eigenvalue weighted by Gasteiger charge is -2.22. The van der Waals surface area contributed by atoms with Crippen LogP contribution in [0.5, 0.6) is 0 Å². The molecule has 1 N–H and O–H groups in total. The van der Waals surface area contributed by atoms with Crippen molar-refractivity contribution in [1.82, 2.24) is 0 Å². The molecule has 0 aliphatic rings. The van der Waals surface area contributed by atoms with E-state index < -0.39 is 0 Å². The molecule has 0 aromatic heterocycles. The molecule has 0 radical (unpaired) electrons. The molecule has 2 aromatic rings. The molecule has 2 rings (SSSR count). The largest absolute Gasteiger partial charge is 0.384 e. The third kappa shape index (κ3) is 4.00. The maximum Gasteiger partial charge on any atom is 0.0426 e. The van der Waals surface area contributed by atoms with Crippen LogP contribution in [-0.4, -0.2) is 6.54 Å². The van der Waals surface area contributed by atoms with E-state index in [-0.39, 0.29) is 0 Å². The molecule has 1 atom stereocenters. The Morgan fingerprint density at radius 1 is 1.00 bits per heavy atom. The number of hydrogen-bond acceptors (Lipinski definition) is 1. The first-order chi connectivity index (χ1) is 9.16. The van der Waals surface area contributed by atoms with Gasteiger partial charge in [-0.15, -0.1) is 0 Å². The Morgan fingerprint density at radius 2 is 1.74 bits per heavy atom. The molecule has 0 spiro atoms. The van der Waals surface area contributed by atoms with Crippen LogP contribution in [0.2, 0.25) is 5.02 Å². The average molecular weight is 274 g/mol. The van der Waals surface area contributed by atoms with Gasteiger partial charge in [0.1, 0.15) is 0 Å². The number of nitrogens with one attached hydrogen (secondary N) is 1. The molecule has 2 aromatic carbocycles. The summed E-state index contributed by atoms with van der Waals surface area (Å²) in [5.74, 6) is 1.09. The first kappa shape index (κ1) is 14.0.